The van der Waals surface area contributed by atoms with E-state index >= 15 is 0 Å². The van der Waals surface area contributed by atoms with Gasteiger partial charge in [-0.25, -0.2) is 0 Å². The third-order valence-corrected chi connectivity index (χ3v) is 5.94. The predicted molar refractivity (Wildman–Crippen MR) is 106 cm³/mol. The van der Waals surface area contributed by atoms with Crippen molar-refractivity contribution in [3.8, 4) is 0 Å². The summed E-state index contributed by atoms with van der Waals surface area (Å²) in [7, 11) is 0. The number of hydrogen-bond acceptors (Lipinski definition) is 4. The first-order chi connectivity index (χ1) is 11.7. The van der Waals surface area contributed by atoms with Gasteiger partial charge in [-0.05, 0) is 36.8 Å². The summed E-state index contributed by atoms with van der Waals surface area (Å²) in [6.45, 7) is 0. The Kier molecular flexibility index (Phi) is 5.33. The highest BCUT2D eigenvalue weighted by atomic mass is 35.5. The molecule has 0 N–H and O–H groups in total. The molecular weight excluding hydrogens is 360 g/mol. The van der Waals surface area contributed by atoms with Crippen molar-refractivity contribution in [3.63, 3.8) is 0 Å². The maximum absolute atomic E-state index is 13.0. The third-order valence-electron chi connectivity index (χ3n) is 3.54. The zero-order valence-electron chi connectivity index (χ0n) is 13.2. The zero-order valence-corrected chi connectivity index (χ0v) is 15.6. The van der Waals surface area contributed by atoms with Gasteiger partial charge in [-0.3, -0.25) is 4.79 Å². The second-order valence-corrected chi connectivity index (χ2v) is 7.31. The number of hydrazone groups is 1. The number of rotatable bonds is 4. The van der Waals surface area contributed by atoms with E-state index in [4.69, 9.17) is 11.6 Å². The molecule has 3 nitrogen and oxygen atoms in total. The van der Waals surface area contributed by atoms with Gasteiger partial charge in [0.25, 0.3) is 5.91 Å². The van der Waals surface area contributed by atoms with Crippen LogP contribution in [0.4, 0.5) is 5.69 Å². The van der Waals surface area contributed by atoms with Crippen molar-refractivity contribution < 1.29 is 4.79 Å². The maximum Gasteiger partial charge on any atom is 0.282 e. The van der Waals surface area contributed by atoms with Crippen molar-refractivity contribution in [1.82, 2.24) is 0 Å². The van der Waals surface area contributed by atoms with E-state index in [0.717, 1.165) is 15.5 Å². The summed E-state index contributed by atoms with van der Waals surface area (Å²) < 4.78 is 0.951. The summed E-state index contributed by atoms with van der Waals surface area (Å²) in [5.41, 5.74) is 2.95. The van der Waals surface area contributed by atoms with Crippen molar-refractivity contribution in [3.05, 3.63) is 75.0 Å². The second kappa shape index (κ2) is 7.47. The van der Waals surface area contributed by atoms with E-state index < -0.39 is 0 Å². The van der Waals surface area contributed by atoms with Crippen LogP contribution in [0.1, 0.15) is 5.56 Å². The Balaban J connectivity index is 2.15. The Morgan fingerprint density at radius 3 is 2.21 bits per heavy atom. The lowest BCUT2D eigenvalue weighted by molar-refractivity contribution is -0.114. The quantitative estimate of drug-likeness (QED) is 0.703. The fourth-order valence-corrected chi connectivity index (χ4v) is 4.00. The molecule has 0 saturated heterocycles. The van der Waals surface area contributed by atoms with E-state index in [9.17, 15) is 4.79 Å². The van der Waals surface area contributed by atoms with Crippen LogP contribution in [-0.4, -0.2) is 24.1 Å². The van der Waals surface area contributed by atoms with E-state index in [0.29, 0.717) is 16.3 Å². The van der Waals surface area contributed by atoms with Gasteiger partial charge in [0, 0.05) is 10.6 Å². The van der Waals surface area contributed by atoms with Gasteiger partial charge >= 0.3 is 0 Å². The van der Waals surface area contributed by atoms with Gasteiger partial charge in [-0.15, -0.1) is 23.5 Å². The molecule has 0 saturated carbocycles. The molecule has 122 valence electrons. The molecule has 0 fully saturated rings. The summed E-state index contributed by atoms with van der Waals surface area (Å²) in [5, 5.41) is 6.73. The first-order valence-corrected chi connectivity index (χ1v) is 10.0. The first kappa shape index (κ1) is 17.1. The smallest absolute Gasteiger partial charge is 0.267 e. The predicted octanol–water partition coefficient (Wildman–Crippen LogP) is 5.03. The molecule has 0 radical (unpaired) electrons. The molecule has 2 aromatic carbocycles. The number of nitrogens with zero attached hydrogens (tertiary/aromatic N) is 2. The van der Waals surface area contributed by atoms with Crippen molar-refractivity contribution in [1.29, 1.82) is 0 Å². The second-order valence-electron chi connectivity index (χ2n) is 4.98. The highest BCUT2D eigenvalue weighted by Crippen LogP contribution is 2.35. The number of carbonyl (C=O) groups is 1. The molecule has 0 unspecified atom stereocenters. The monoisotopic (exact) mass is 374 g/mol. The minimum absolute atomic E-state index is 0.107. The number of anilines is 1. The Labute approximate surface area is 154 Å². The van der Waals surface area contributed by atoms with Crippen molar-refractivity contribution >= 4 is 52.4 Å². The van der Waals surface area contributed by atoms with E-state index in [1.165, 1.54) is 5.01 Å². The van der Waals surface area contributed by atoms with Gasteiger partial charge < -0.3 is 0 Å². The number of hydrogen-bond donors (Lipinski definition) is 0. The zero-order chi connectivity index (χ0) is 17.1. The molecule has 6 heteroatoms. The van der Waals surface area contributed by atoms with E-state index in [2.05, 4.69) is 5.10 Å². The molecule has 1 heterocycles. The molecule has 2 aromatic rings. The normalized spacial score (nSPS) is 14.1. The molecule has 24 heavy (non-hydrogen) atoms. The van der Waals surface area contributed by atoms with Crippen molar-refractivity contribution in [2.45, 2.75) is 0 Å². The van der Waals surface area contributed by atoms with Gasteiger partial charge in [0.1, 0.15) is 5.71 Å². The SMILES string of the molecule is CSC(SC)=C1C(=O)N(c2ccccc2)N=C1c1ccc(Cl)cc1. The molecule has 0 spiro atoms. The van der Waals surface area contributed by atoms with Gasteiger partial charge in [-0.2, -0.15) is 10.1 Å². The lowest BCUT2D eigenvalue weighted by atomic mass is 10.0. The fourth-order valence-electron chi connectivity index (χ4n) is 2.43. The van der Waals surface area contributed by atoms with Crippen LogP contribution >= 0.6 is 35.1 Å². The van der Waals surface area contributed by atoms with Gasteiger partial charge in [0.2, 0.25) is 0 Å². The van der Waals surface area contributed by atoms with E-state index in [-0.39, 0.29) is 5.91 Å². The summed E-state index contributed by atoms with van der Waals surface area (Å²) >= 11 is 9.10. The number of thioether (sulfide) groups is 2. The molecule has 1 aliphatic heterocycles. The molecule has 0 aliphatic carbocycles. The molecule has 1 aliphatic rings. The third kappa shape index (κ3) is 3.24. The van der Waals surface area contributed by atoms with Gasteiger partial charge in [-0.1, -0.05) is 41.9 Å². The minimum atomic E-state index is -0.107. The Morgan fingerprint density at radius 2 is 1.62 bits per heavy atom. The van der Waals surface area contributed by atoms with E-state index in [1.807, 2.05) is 67.1 Å². The summed E-state index contributed by atoms with van der Waals surface area (Å²) in [5.74, 6) is -0.107. The fraction of sp³-hybridized carbons (Fsp3) is 0.111. The van der Waals surface area contributed by atoms with Crippen LogP contribution < -0.4 is 5.01 Å². The summed E-state index contributed by atoms with van der Waals surface area (Å²) in [6.07, 6.45) is 3.94. The molecule has 3 rings (SSSR count). The van der Waals surface area contributed by atoms with Crippen LogP contribution in [0, 0.1) is 0 Å². The average molecular weight is 375 g/mol. The summed E-state index contributed by atoms with van der Waals surface area (Å²) in [4.78, 5) is 13.0. The van der Waals surface area contributed by atoms with Crippen LogP contribution in [0.3, 0.4) is 0 Å². The highest BCUT2D eigenvalue weighted by molar-refractivity contribution is 8.21. The van der Waals surface area contributed by atoms with Crippen LogP contribution in [0.2, 0.25) is 5.02 Å². The molecule has 0 bridgehead atoms. The molecule has 0 aromatic heterocycles. The van der Waals surface area contributed by atoms with Crippen molar-refractivity contribution in [2.24, 2.45) is 5.10 Å². The Bertz CT molecular complexity index is 811. The molecular formula is C18H15ClN2OS2. The molecule has 0 atom stereocenters. The largest absolute Gasteiger partial charge is 0.282 e. The number of carbonyl (C=O) groups excluding carboxylic acids is 1. The topological polar surface area (TPSA) is 32.7 Å². The van der Waals surface area contributed by atoms with Gasteiger partial charge in [0.05, 0.1) is 15.5 Å². The van der Waals surface area contributed by atoms with E-state index in [1.54, 1.807) is 23.5 Å². The molecule has 1 amide bonds. The van der Waals surface area contributed by atoms with Gasteiger partial charge in [0.15, 0.2) is 0 Å². The van der Waals surface area contributed by atoms with Crippen LogP contribution in [-0.2, 0) is 4.79 Å². The highest BCUT2D eigenvalue weighted by Gasteiger charge is 2.34. The Hall–Kier alpha value is -1.69. The van der Waals surface area contributed by atoms with Crippen LogP contribution in [0.25, 0.3) is 0 Å². The number of amides is 1. The first-order valence-electron chi connectivity index (χ1n) is 7.22. The lowest BCUT2D eigenvalue weighted by Gasteiger charge is -2.11. The maximum atomic E-state index is 13.0. The summed E-state index contributed by atoms with van der Waals surface area (Å²) in [6, 6.07) is 16.9. The number of para-hydroxylation sites is 1. The standard InChI is InChI=1S/C18H15ClN2OS2/c1-23-18(24-2)15-16(12-8-10-13(19)11-9-12)20-21(17(15)22)14-6-4-3-5-7-14/h3-11H,1-2H3. The number of halogens is 1. The number of benzene rings is 2. The van der Waals surface area contributed by atoms with Crippen LogP contribution in [0.15, 0.2) is 69.5 Å². The lowest BCUT2D eigenvalue weighted by Crippen LogP contribution is -2.21. The van der Waals surface area contributed by atoms with Crippen LogP contribution in [0.5, 0.6) is 0 Å². The van der Waals surface area contributed by atoms with Crippen molar-refractivity contribution in [2.75, 3.05) is 17.5 Å². The Morgan fingerprint density at radius 1 is 1.00 bits per heavy atom. The average Bonchev–Trinajstić information content (AvgIpc) is 2.95. The minimum Gasteiger partial charge on any atom is -0.267 e.